The fourth-order valence-corrected chi connectivity index (χ4v) is 5.00. The number of thiocarbonyl (C=S) groups is 1. The van der Waals surface area contributed by atoms with Gasteiger partial charge < -0.3 is 15.0 Å². The van der Waals surface area contributed by atoms with Gasteiger partial charge in [0.15, 0.2) is 10.8 Å². The second-order valence-corrected chi connectivity index (χ2v) is 9.03. The lowest BCUT2D eigenvalue weighted by molar-refractivity contribution is -0.144. The highest BCUT2D eigenvalue weighted by Gasteiger charge is 2.59. The van der Waals surface area contributed by atoms with Crippen LogP contribution in [0.1, 0.15) is 18.5 Å². The van der Waals surface area contributed by atoms with Crippen molar-refractivity contribution in [2.24, 2.45) is 5.92 Å². The quantitative estimate of drug-likeness (QED) is 0.648. The molecule has 0 spiro atoms. The number of rotatable bonds is 2. The smallest absolute Gasteiger partial charge is 0.233 e. The van der Waals surface area contributed by atoms with Gasteiger partial charge >= 0.3 is 0 Å². The van der Waals surface area contributed by atoms with Crippen LogP contribution in [0.4, 0.5) is 5.69 Å². The van der Waals surface area contributed by atoms with Crippen molar-refractivity contribution >= 4 is 56.5 Å². The molecule has 146 valence electrons. The van der Waals surface area contributed by atoms with Crippen LogP contribution in [-0.4, -0.2) is 35.7 Å². The summed E-state index contributed by atoms with van der Waals surface area (Å²) in [4.78, 5) is 16.7. The van der Waals surface area contributed by atoms with Crippen LogP contribution in [0.3, 0.4) is 0 Å². The summed E-state index contributed by atoms with van der Waals surface area (Å²) in [5, 5.41) is 4.45. The number of hydrogen-bond donors (Lipinski definition) is 1. The lowest BCUT2D eigenvalue weighted by Gasteiger charge is -2.56. The zero-order valence-electron chi connectivity index (χ0n) is 15.6. The first kappa shape index (κ1) is 19.5. The van der Waals surface area contributed by atoms with Crippen LogP contribution in [0.5, 0.6) is 5.75 Å². The predicted octanol–water partition coefficient (Wildman–Crippen LogP) is 4.35. The molecule has 2 heterocycles. The van der Waals surface area contributed by atoms with Crippen LogP contribution < -0.4 is 15.0 Å². The lowest BCUT2D eigenvalue weighted by atomic mass is 9.78. The van der Waals surface area contributed by atoms with Crippen molar-refractivity contribution in [3.8, 4) is 5.75 Å². The SMILES string of the molecule is CN(C)C(=O)C1C2NC(=S)N(c3cccc(Br)c3)C1(C)Oc1ccc(Cl)cc12. The van der Waals surface area contributed by atoms with Gasteiger partial charge in [0.2, 0.25) is 5.91 Å². The molecule has 28 heavy (non-hydrogen) atoms. The Morgan fingerprint density at radius 3 is 2.75 bits per heavy atom. The van der Waals surface area contributed by atoms with Gasteiger partial charge in [0.05, 0.1) is 6.04 Å². The normalized spacial score (nSPS) is 25.5. The minimum atomic E-state index is -1.00. The summed E-state index contributed by atoms with van der Waals surface area (Å²) >= 11 is 15.5. The number of carbonyl (C=O) groups excluding carboxylic acids is 1. The van der Waals surface area contributed by atoms with E-state index in [2.05, 4.69) is 21.2 Å². The van der Waals surface area contributed by atoms with Crippen molar-refractivity contribution in [2.45, 2.75) is 18.7 Å². The average molecular weight is 481 g/mol. The number of nitrogens with one attached hydrogen (secondary N) is 1. The van der Waals surface area contributed by atoms with E-state index in [4.69, 9.17) is 28.6 Å². The van der Waals surface area contributed by atoms with Crippen molar-refractivity contribution in [1.82, 2.24) is 10.2 Å². The molecule has 1 fully saturated rings. The molecule has 5 nitrogen and oxygen atoms in total. The molecule has 2 bridgehead atoms. The fourth-order valence-electron chi connectivity index (χ4n) is 4.01. The van der Waals surface area contributed by atoms with E-state index in [0.29, 0.717) is 15.9 Å². The Hall–Kier alpha value is -1.83. The molecule has 0 aliphatic carbocycles. The van der Waals surface area contributed by atoms with E-state index >= 15 is 0 Å². The van der Waals surface area contributed by atoms with Crippen molar-refractivity contribution in [3.05, 3.63) is 57.5 Å². The first-order chi connectivity index (χ1) is 13.2. The fraction of sp³-hybridized carbons (Fsp3) is 0.300. The van der Waals surface area contributed by atoms with Crippen LogP contribution in [-0.2, 0) is 4.79 Å². The molecule has 2 aromatic rings. The first-order valence-electron chi connectivity index (χ1n) is 8.78. The van der Waals surface area contributed by atoms with Crippen LogP contribution in [0.15, 0.2) is 46.9 Å². The van der Waals surface area contributed by atoms with Gasteiger partial charge in [-0.2, -0.15) is 0 Å². The summed E-state index contributed by atoms with van der Waals surface area (Å²) in [7, 11) is 3.49. The zero-order valence-corrected chi connectivity index (χ0v) is 18.7. The summed E-state index contributed by atoms with van der Waals surface area (Å²) in [6.07, 6.45) is 0. The number of fused-ring (bicyclic) bond motifs is 4. The Bertz CT molecular complexity index is 986. The number of nitrogens with zero attached hydrogens (tertiary/aromatic N) is 2. The molecule has 2 aromatic carbocycles. The topological polar surface area (TPSA) is 44.8 Å². The Morgan fingerprint density at radius 2 is 2.07 bits per heavy atom. The van der Waals surface area contributed by atoms with E-state index in [-0.39, 0.29) is 11.9 Å². The second kappa shape index (κ2) is 6.90. The molecule has 2 aliphatic heterocycles. The number of hydrogen-bond acceptors (Lipinski definition) is 3. The van der Waals surface area contributed by atoms with Crippen LogP contribution in [0.25, 0.3) is 0 Å². The van der Waals surface area contributed by atoms with Crippen LogP contribution in [0, 0.1) is 5.92 Å². The molecule has 2 aliphatic rings. The van der Waals surface area contributed by atoms with Gasteiger partial charge in [-0.15, -0.1) is 0 Å². The molecule has 1 saturated heterocycles. The maximum Gasteiger partial charge on any atom is 0.233 e. The Labute approximate surface area is 182 Å². The summed E-state index contributed by atoms with van der Waals surface area (Å²) < 4.78 is 7.40. The monoisotopic (exact) mass is 479 g/mol. The van der Waals surface area contributed by atoms with Gasteiger partial charge in [-0.25, -0.2) is 0 Å². The Kier molecular flexibility index (Phi) is 4.80. The third kappa shape index (κ3) is 2.96. The van der Waals surface area contributed by atoms with E-state index in [0.717, 1.165) is 15.7 Å². The molecule has 0 aromatic heterocycles. The minimum Gasteiger partial charge on any atom is -0.467 e. The maximum atomic E-state index is 13.3. The summed E-state index contributed by atoms with van der Waals surface area (Å²) in [6.45, 7) is 1.91. The Morgan fingerprint density at radius 1 is 1.32 bits per heavy atom. The number of carbonyl (C=O) groups is 1. The molecule has 3 atom stereocenters. The number of anilines is 1. The van der Waals surface area contributed by atoms with Gasteiger partial charge in [-0.3, -0.25) is 9.69 Å². The maximum absolute atomic E-state index is 13.3. The number of ether oxygens (including phenoxy) is 1. The van der Waals surface area contributed by atoms with Gasteiger partial charge in [0.25, 0.3) is 0 Å². The van der Waals surface area contributed by atoms with Gasteiger partial charge in [0, 0.05) is 34.8 Å². The number of benzene rings is 2. The third-order valence-corrected chi connectivity index (χ3v) is 6.26. The van der Waals surface area contributed by atoms with E-state index in [9.17, 15) is 4.79 Å². The number of halogens is 2. The number of amides is 1. The first-order valence-corrected chi connectivity index (χ1v) is 10.4. The molecule has 8 heteroatoms. The highest BCUT2D eigenvalue weighted by molar-refractivity contribution is 9.10. The van der Waals surface area contributed by atoms with E-state index in [1.165, 1.54) is 0 Å². The molecular formula is C20H19BrClN3O2S. The third-order valence-electron chi connectivity index (χ3n) is 5.23. The highest BCUT2D eigenvalue weighted by Crippen LogP contribution is 2.50. The van der Waals surface area contributed by atoms with Crippen molar-refractivity contribution in [1.29, 1.82) is 0 Å². The second-order valence-electron chi connectivity index (χ2n) is 7.29. The molecular weight excluding hydrogens is 462 g/mol. The predicted molar refractivity (Wildman–Crippen MR) is 118 cm³/mol. The molecule has 0 radical (unpaired) electrons. The molecule has 1 N–H and O–H groups in total. The van der Waals surface area contributed by atoms with E-state index in [1.54, 1.807) is 25.1 Å². The average Bonchev–Trinajstić information content (AvgIpc) is 2.61. The van der Waals surface area contributed by atoms with Gasteiger partial charge in [-0.1, -0.05) is 33.6 Å². The van der Waals surface area contributed by atoms with Crippen LogP contribution in [0.2, 0.25) is 5.02 Å². The van der Waals surface area contributed by atoms with Gasteiger partial charge in [-0.05, 0) is 55.5 Å². The highest BCUT2D eigenvalue weighted by atomic mass is 79.9. The largest absolute Gasteiger partial charge is 0.467 e. The molecule has 1 amide bonds. The minimum absolute atomic E-state index is 0.0480. The summed E-state index contributed by atoms with van der Waals surface area (Å²) in [5.41, 5.74) is 0.666. The summed E-state index contributed by atoms with van der Waals surface area (Å²) in [5.74, 6) is 0.113. The van der Waals surface area contributed by atoms with Crippen molar-refractivity contribution < 1.29 is 9.53 Å². The van der Waals surface area contributed by atoms with Crippen molar-refractivity contribution in [2.75, 3.05) is 19.0 Å². The Balaban J connectivity index is 1.93. The lowest BCUT2D eigenvalue weighted by Crippen LogP contribution is -2.72. The van der Waals surface area contributed by atoms with Crippen molar-refractivity contribution in [3.63, 3.8) is 0 Å². The van der Waals surface area contributed by atoms with Gasteiger partial charge in [0.1, 0.15) is 11.7 Å². The van der Waals surface area contributed by atoms with Crippen LogP contribution >= 0.6 is 39.7 Å². The molecule has 0 saturated carbocycles. The summed E-state index contributed by atoms with van der Waals surface area (Å²) in [6, 6.07) is 12.9. The van der Waals surface area contributed by atoms with E-state index in [1.807, 2.05) is 48.2 Å². The molecule has 4 rings (SSSR count). The van der Waals surface area contributed by atoms with E-state index < -0.39 is 11.6 Å². The standard InChI is InChI=1S/C20H19BrClN3O2S/c1-20-16(18(26)24(2)3)17(14-10-12(22)7-8-15(14)27-20)23-19(28)25(20)13-6-4-5-11(21)9-13/h4-10,16-17H,1-3H3,(H,23,28). The zero-order chi connectivity index (χ0) is 20.2. The molecule has 3 unspecified atom stereocenters.